The lowest BCUT2D eigenvalue weighted by molar-refractivity contribution is 0.354. The van der Waals surface area contributed by atoms with Crippen molar-refractivity contribution in [3.8, 4) is 11.5 Å². The van der Waals surface area contributed by atoms with Gasteiger partial charge in [0.1, 0.15) is 5.82 Å². The van der Waals surface area contributed by atoms with Gasteiger partial charge in [-0.25, -0.2) is 4.98 Å². The van der Waals surface area contributed by atoms with Gasteiger partial charge in [-0.15, -0.1) is 0 Å². The van der Waals surface area contributed by atoms with Gasteiger partial charge in [0, 0.05) is 18.0 Å². The molecule has 0 saturated carbocycles. The summed E-state index contributed by atoms with van der Waals surface area (Å²) in [5.74, 6) is 2.49. The second-order valence-electron chi connectivity index (χ2n) is 5.68. The Bertz CT molecular complexity index is 858. The van der Waals surface area contributed by atoms with Crippen LogP contribution in [-0.4, -0.2) is 23.8 Å². The first-order chi connectivity index (χ1) is 11.7. The highest BCUT2D eigenvalue weighted by Gasteiger charge is 2.13. The lowest BCUT2D eigenvalue weighted by atomic mass is 10.1. The number of hydrogen-bond donors (Lipinski definition) is 0. The quantitative estimate of drug-likeness (QED) is 0.649. The Morgan fingerprint density at radius 1 is 1.04 bits per heavy atom. The van der Waals surface area contributed by atoms with E-state index in [0.29, 0.717) is 0 Å². The second kappa shape index (κ2) is 7.14. The molecule has 1 heterocycles. The molecule has 24 heavy (non-hydrogen) atoms. The smallest absolute Gasteiger partial charge is 0.161 e. The molecule has 1 aromatic heterocycles. The van der Waals surface area contributed by atoms with Crippen LogP contribution in [0.5, 0.6) is 11.5 Å². The van der Waals surface area contributed by atoms with E-state index in [1.807, 2.05) is 36.4 Å². The zero-order valence-corrected chi connectivity index (χ0v) is 14.9. The number of halogens is 1. The molecule has 0 unspecified atom stereocenters. The van der Waals surface area contributed by atoms with E-state index >= 15 is 0 Å². The Hall–Kier alpha value is -2.20. The highest BCUT2D eigenvalue weighted by Crippen LogP contribution is 2.29. The first-order valence-electron chi connectivity index (χ1n) is 8.01. The van der Waals surface area contributed by atoms with E-state index in [-0.39, 0.29) is 0 Å². The number of imidazole rings is 1. The van der Waals surface area contributed by atoms with Crippen molar-refractivity contribution >= 4 is 22.6 Å². The van der Waals surface area contributed by atoms with Crippen LogP contribution in [0.2, 0.25) is 5.02 Å². The number of benzene rings is 2. The lowest BCUT2D eigenvalue weighted by Gasteiger charge is -2.11. The minimum Gasteiger partial charge on any atom is -0.493 e. The van der Waals surface area contributed by atoms with Crippen LogP contribution in [0.3, 0.4) is 0 Å². The van der Waals surface area contributed by atoms with E-state index in [1.165, 1.54) is 0 Å². The Labute approximate surface area is 147 Å². The average molecular weight is 345 g/mol. The van der Waals surface area contributed by atoms with Crippen molar-refractivity contribution in [2.24, 2.45) is 0 Å². The predicted molar refractivity (Wildman–Crippen MR) is 97.4 cm³/mol. The van der Waals surface area contributed by atoms with Gasteiger partial charge in [0.25, 0.3) is 0 Å². The van der Waals surface area contributed by atoms with E-state index in [9.17, 15) is 0 Å². The average Bonchev–Trinajstić information content (AvgIpc) is 2.92. The standard InChI is InChI=1S/C19H21ClN2O2/c1-4-9-22-16-12-14(20)6-7-15(16)21-19(22)11-13-5-8-17(23-2)18(10-13)24-3/h5-8,10,12H,4,9,11H2,1-3H3. The summed E-state index contributed by atoms with van der Waals surface area (Å²) in [6, 6.07) is 11.8. The summed E-state index contributed by atoms with van der Waals surface area (Å²) in [5.41, 5.74) is 3.19. The number of aromatic nitrogens is 2. The number of ether oxygens (including phenoxy) is 2. The highest BCUT2D eigenvalue weighted by molar-refractivity contribution is 6.31. The number of fused-ring (bicyclic) bond motifs is 1. The van der Waals surface area contributed by atoms with Gasteiger partial charge in [-0.3, -0.25) is 0 Å². The first kappa shape index (κ1) is 16.7. The van der Waals surface area contributed by atoms with Crippen molar-refractivity contribution in [3.05, 3.63) is 52.8 Å². The SMILES string of the molecule is CCCn1c(Cc2ccc(OC)c(OC)c2)nc2ccc(Cl)cc21. The molecule has 0 radical (unpaired) electrons. The van der Waals surface area contributed by atoms with Crippen molar-refractivity contribution in [2.45, 2.75) is 26.3 Å². The third-order valence-corrected chi connectivity index (χ3v) is 4.28. The molecule has 3 aromatic rings. The zero-order valence-electron chi connectivity index (χ0n) is 14.2. The van der Waals surface area contributed by atoms with Crippen LogP contribution >= 0.6 is 11.6 Å². The van der Waals surface area contributed by atoms with Gasteiger partial charge in [-0.2, -0.15) is 0 Å². The molecule has 5 heteroatoms. The summed E-state index contributed by atoms with van der Waals surface area (Å²) in [6.07, 6.45) is 1.77. The minimum absolute atomic E-state index is 0.729. The number of rotatable bonds is 6. The maximum Gasteiger partial charge on any atom is 0.161 e. The molecule has 0 aliphatic rings. The number of methoxy groups -OCH3 is 2. The fourth-order valence-electron chi connectivity index (χ4n) is 2.93. The third kappa shape index (κ3) is 3.20. The summed E-state index contributed by atoms with van der Waals surface area (Å²) >= 11 is 6.16. The predicted octanol–water partition coefficient (Wildman–Crippen LogP) is 4.71. The molecule has 0 fully saturated rings. The van der Waals surface area contributed by atoms with Gasteiger partial charge in [0.2, 0.25) is 0 Å². The molecule has 0 amide bonds. The summed E-state index contributed by atoms with van der Waals surface area (Å²) < 4.78 is 12.9. The molecule has 0 aliphatic heterocycles. The van der Waals surface area contributed by atoms with Crippen molar-refractivity contribution < 1.29 is 9.47 Å². The van der Waals surface area contributed by atoms with Crippen LogP contribution in [-0.2, 0) is 13.0 Å². The molecule has 0 N–H and O–H groups in total. The molecule has 0 spiro atoms. The molecule has 0 aliphatic carbocycles. The normalized spacial score (nSPS) is 11.0. The van der Waals surface area contributed by atoms with Crippen LogP contribution in [0.1, 0.15) is 24.7 Å². The first-order valence-corrected chi connectivity index (χ1v) is 8.39. The zero-order chi connectivity index (χ0) is 17.1. The van der Waals surface area contributed by atoms with Gasteiger partial charge in [0.15, 0.2) is 11.5 Å². The molecule has 3 rings (SSSR count). The third-order valence-electron chi connectivity index (χ3n) is 4.05. The molecular formula is C19H21ClN2O2. The number of hydrogen-bond acceptors (Lipinski definition) is 3. The number of nitrogens with zero attached hydrogens (tertiary/aromatic N) is 2. The van der Waals surface area contributed by atoms with Crippen LogP contribution < -0.4 is 9.47 Å². The van der Waals surface area contributed by atoms with Gasteiger partial charge >= 0.3 is 0 Å². The van der Waals surface area contributed by atoms with Crippen molar-refractivity contribution in [1.29, 1.82) is 0 Å². The molecular weight excluding hydrogens is 324 g/mol. The highest BCUT2D eigenvalue weighted by atomic mass is 35.5. The monoisotopic (exact) mass is 344 g/mol. The van der Waals surface area contributed by atoms with E-state index in [1.54, 1.807) is 14.2 Å². The summed E-state index contributed by atoms with van der Waals surface area (Å²) in [4.78, 5) is 4.80. The van der Waals surface area contributed by atoms with Gasteiger partial charge in [-0.05, 0) is 42.3 Å². The summed E-state index contributed by atoms with van der Waals surface area (Å²) in [6.45, 7) is 3.08. The number of aryl methyl sites for hydroxylation is 1. The van der Waals surface area contributed by atoms with Crippen LogP contribution in [0, 0.1) is 0 Å². The maximum absolute atomic E-state index is 6.16. The summed E-state index contributed by atoms with van der Waals surface area (Å²) in [5, 5.41) is 0.734. The van der Waals surface area contributed by atoms with E-state index in [2.05, 4.69) is 11.5 Å². The van der Waals surface area contributed by atoms with Gasteiger partial charge in [-0.1, -0.05) is 24.6 Å². The van der Waals surface area contributed by atoms with Crippen molar-refractivity contribution in [3.63, 3.8) is 0 Å². The Balaban J connectivity index is 2.01. The fourth-order valence-corrected chi connectivity index (χ4v) is 3.09. The van der Waals surface area contributed by atoms with Crippen LogP contribution in [0.15, 0.2) is 36.4 Å². The molecule has 2 aromatic carbocycles. The van der Waals surface area contributed by atoms with E-state index in [4.69, 9.17) is 26.1 Å². The largest absolute Gasteiger partial charge is 0.493 e. The van der Waals surface area contributed by atoms with E-state index in [0.717, 1.165) is 58.3 Å². The van der Waals surface area contributed by atoms with Crippen molar-refractivity contribution in [2.75, 3.05) is 14.2 Å². The van der Waals surface area contributed by atoms with Crippen molar-refractivity contribution in [1.82, 2.24) is 9.55 Å². The van der Waals surface area contributed by atoms with Crippen LogP contribution in [0.25, 0.3) is 11.0 Å². The lowest BCUT2D eigenvalue weighted by Crippen LogP contribution is -2.04. The molecule has 0 bridgehead atoms. The Morgan fingerprint density at radius 3 is 2.54 bits per heavy atom. The fraction of sp³-hybridized carbons (Fsp3) is 0.316. The van der Waals surface area contributed by atoms with Crippen LogP contribution in [0.4, 0.5) is 0 Å². The summed E-state index contributed by atoms with van der Waals surface area (Å²) in [7, 11) is 3.29. The topological polar surface area (TPSA) is 36.3 Å². The minimum atomic E-state index is 0.729. The molecule has 4 nitrogen and oxygen atoms in total. The second-order valence-corrected chi connectivity index (χ2v) is 6.12. The molecule has 0 saturated heterocycles. The Morgan fingerprint density at radius 2 is 1.83 bits per heavy atom. The van der Waals surface area contributed by atoms with Gasteiger partial charge < -0.3 is 14.0 Å². The van der Waals surface area contributed by atoms with E-state index < -0.39 is 0 Å². The molecule has 126 valence electrons. The Kier molecular flexibility index (Phi) is 4.95. The van der Waals surface area contributed by atoms with Gasteiger partial charge in [0.05, 0.1) is 25.3 Å². The maximum atomic E-state index is 6.16. The molecule has 0 atom stereocenters.